The zero-order valence-corrected chi connectivity index (χ0v) is 15.6. The van der Waals surface area contributed by atoms with Crippen LogP contribution in [0.4, 0.5) is 14.9 Å². The lowest BCUT2D eigenvalue weighted by atomic mass is 10.1. The van der Waals surface area contributed by atoms with Crippen molar-refractivity contribution < 1.29 is 23.5 Å². The van der Waals surface area contributed by atoms with Crippen molar-refractivity contribution >= 4 is 23.6 Å². The molecule has 2 aromatic rings. The molecule has 1 aliphatic rings. The van der Waals surface area contributed by atoms with Gasteiger partial charge in [-0.3, -0.25) is 14.9 Å². The molecule has 0 spiro atoms. The molecule has 3 rings (SSSR count). The van der Waals surface area contributed by atoms with E-state index in [0.717, 1.165) is 16.7 Å². The molecule has 7 heteroatoms. The maximum Gasteiger partial charge on any atom is 0.325 e. The molecule has 1 fully saturated rings. The fourth-order valence-electron chi connectivity index (χ4n) is 2.98. The highest BCUT2D eigenvalue weighted by atomic mass is 19.1. The van der Waals surface area contributed by atoms with Gasteiger partial charge in [-0.2, -0.15) is 0 Å². The summed E-state index contributed by atoms with van der Waals surface area (Å²) in [6, 6.07) is 10.7. The third-order valence-electron chi connectivity index (χ3n) is 4.84. The minimum atomic E-state index is -0.713. The minimum Gasteiger partial charge on any atom is -0.455 e. The van der Waals surface area contributed by atoms with E-state index in [1.54, 1.807) is 24.3 Å². The van der Waals surface area contributed by atoms with Crippen molar-refractivity contribution in [1.29, 1.82) is 0 Å². The van der Waals surface area contributed by atoms with E-state index >= 15 is 0 Å². The van der Waals surface area contributed by atoms with Crippen molar-refractivity contribution in [2.45, 2.75) is 26.2 Å². The van der Waals surface area contributed by atoms with E-state index in [0.29, 0.717) is 12.1 Å². The molecule has 0 radical (unpaired) electrons. The first-order valence-electron chi connectivity index (χ1n) is 8.94. The maximum atomic E-state index is 13.0. The number of ether oxygens (including phenoxy) is 1. The summed E-state index contributed by atoms with van der Waals surface area (Å²) in [6.07, 6.45) is 0.596. The zero-order chi connectivity index (χ0) is 20.3. The molecule has 2 aromatic carbocycles. The van der Waals surface area contributed by atoms with Gasteiger partial charge in [0.05, 0.1) is 5.92 Å². The second-order valence-corrected chi connectivity index (χ2v) is 6.86. The number of anilines is 1. The molecule has 28 heavy (non-hydrogen) atoms. The van der Waals surface area contributed by atoms with Crippen LogP contribution in [-0.2, 0) is 14.3 Å². The van der Waals surface area contributed by atoms with Crippen LogP contribution < -0.4 is 10.6 Å². The molecule has 1 aliphatic carbocycles. The first-order chi connectivity index (χ1) is 13.3. The predicted octanol–water partition coefficient (Wildman–Crippen LogP) is 3.44. The number of imide groups is 1. The second kappa shape index (κ2) is 8.21. The molecule has 2 atom stereocenters. The summed E-state index contributed by atoms with van der Waals surface area (Å²) in [6.45, 7) is 3.24. The Hall–Kier alpha value is -3.22. The first kappa shape index (κ1) is 19.5. The van der Waals surface area contributed by atoms with Crippen molar-refractivity contribution in [2.24, 2.45) is 5.92 Å². The Morgan fingerprint density at radius 1 is 1.11 bits per heavy atom. The Labute approximate surface area is 162 Å². The van der Waals surface area contributed by atoms with Crippen LogP contribution in [0.1, 0.15) is 29.0 Å². The number of halogens is 1. The first-order valence-corrected chi connectivity index (χ1v) is 8.94. The molecule has 0 aromatic heterocycles. The zero-order valence-electron chi connectivity index (χ0n) is 15.6. The Kier molecular flexibility index (Phi) is 5.73. The molecule has 3 amide bonds. The van der Waals surface area contributed by atoms with E-state index < -0.39 is 24.5 Å². The molecule has 0 saturated heterocycles. The van der Waals surface area contributed by atoms with E-state index in [1.807, 2.05) is 19.9 Å². The maximum absolute atomic E-state index is 13.0. The SMILES string of the molecule is Cc1cccc(NC(=O)NC(=O)COC(=O)C2CC2c2ccc(F)cc2)c1C. The standard InChI is InChI=1S/C21H21FN2O4/c1-12-4-3-5-18(13(12)2)23-21(27)24-19(25)11-28-20(26)17-10-16(17)14-6-8-15(22)9-7-14/h3-9,16-17H,10-11H2,1-2H3,(H2,23,24,25,27). The highest BCUT2D eigenvalue weighted by molar-refractivity contribution is 6.02. The van der Waals surface area contributed by atoms with Gasteiger partial charge in [-0.25, -0.2) is 9.18 Å². The van der Waals surface area contributed by atoms with Crippen LogP contribution in [0.3, 0.4) is 0 Å². The topological polar surface area (TPSA) is 84.5 Å². The van der Waals surface area contributed by atoms with E-state index in [-0.39, 0.29) is 17.7 Å². The van der Waals surface area contributed by atoms with Crippen molar-refractivity contribution in [2.75, 3.05) is 11.9 Å². The third-order valence-corrected chi connectivity index (χ3v) is 4.84. The van der Waals surface area contributed by atoms with Gasteiger partial charge < -0.3 is 10.1 Å². The molecular weight excluding hydrogens is 363 g/mol. The van der Waals surface area contributed by atoms with Gasteiger partial charge in [0.15, 0.2) is 6.61 Å². The van der Waals surface area contributed by atoms with Gasteiger partial charge in [0, 0.05) is 5.69 Å². The molecule has 1 saturated carbocycles. The normalized spacial score (nSPS) is 17.5. The van der Waals surface area contributed by atoms with Gasteiger partial charge in [-0.15, -0.1) is 0 Å². The van der Waals surface area contributed by atoms with Gasteiger partial charge in [-0.1, -0.05) is 24.3 Å². The van der Waals surface area contributed by atoms with Crippen LogP contribution in [0, 0.1) is 25.6 Å². The van der Waals surface area contributed by atoms with Crippen molar-refractivity contribution in [3.8, 4) is 0 Å². The summed E-state index contributed by atoms with van der Waals surface area (Å²) < 4.78 is 17.9. The molecule has 0 bridgehead atoms. The number of aryl methyl sites for hydroxylation is 1. The molecule has 146 valence electrons. The fraction of sp³-hybridized carbons (Fsp3) is 0.286. The van der Waals surface area contributed by atoms with E-state index in [4.69, 9.17) is 4.74 Å². The van der Waals surface area contributed by atoms with Crippen molar-refractivity contribution in [3.63, 3.8) is 0 Å². The lowest BCUT2D eigenvalue weighted by Crippen LogP contribution is -2.37. The van der Waals surface area contributed by atoms with Crippen LogP contribution in [0.2, 0.25) is 0 Å². The van der Waals surface area contributed by atoms with Crippen molar-refractivity contribution in [3.05, 3.63) is 65.0 Å². The number of esters is 1. The summed E-state index contributed by atoms with van der Waals surface area (Å²) >= 11 is 0. The molecule has 0 aliphatic heterocycles. The van der Waals surface area contributed by atoms with Crippen LogP contribution in [0.15, 0.2) is 42.5 Å². The summed E-state index contributed by atoms with van der Waals surface area (Å²) in [7, 11) is 0. The molecule has 2 N–H and O–H groups in total. The van der Waals surface area contributed by atoms with Gasteiger partial charge >= 0.3 is 12.0 Å². The van der Waals surface area contributed by atoms with E-state index in [2.05, 4.69) is 10.6 Å². The minimum absolute atomic E-state index is 0.0243. The van der Waals surface area contributed by atoms with Gasteiger partial charge in [0.25, 0.3) is 5.91 Å². The number of hydrogen-bond donors (Lipinski definition) is 2. The number of amides is 3. The van der Waals surface area contributed by atoms with Crippen LogP contribution in [0.5, 0.6) is 0 Å². The smallest absolute Gasteiger partial charge is 0.325 e. The van der Waals surface area contributed by atoms with E-state index in [1.165, 1.54) is 12.1 Å². The molecule has 6 nitrogen and oxygen atoms in total. The fourth-order valence-corrected chi connectivity index (χ4v) is 2.98. The average molecular weight is 384 g/mol. The number of nitrogens with one attached hydrogen (secondary N) is 2. The number of rotatable bonds is 5. The Morgan fingerprint density at radius 3 is 2.54 bits per heavy atom. The molecule has 0 heterocycles. The quantitative estimate of drug-likeness (QED) is 0.774. The van der Waals surface area contributed by atoms with E-state index in [9.17, 15) is 18.8 Å². The molecular formula is C21H21FN2O4. The Morgan fingerprint density at radius 2 is 1.82 bits per heavy atom. The van der Waals surface area contributed by atoms with Crippen LogP contribution in [-0.4, -0.2) is 24.5 Å². The highest BCUT2D eigenvalue weighted by Gasteiger charge is 2.45. The number of hydrogen-bond acceptors (Lipinski definition) is 4. The largest absolute Gasteiger partial charge is 0.455 e. The van der Waals surface area contributed by atoms with Gasteiger partial charge in [0.2, 0.25) is 0 Å². The Bertz CT molecular complexity index is 911. The van der Waals surface area contributed by atoms with Crippen molar-refractivity contribution in [1.82, 2.24) is 5.32 Å². The summed E-state index contributed by atoms with van der Waals surface area (Å²) in [5.74, 6) is -1.92. The lowest BCUT2D eigenvalue weighted by molar-refractivity contribution is -0.149. The summed E-state index contributed by atoms with van der Waals surface area (Å²) in [4.78, 5) is 35.8. The second-order valence-electron chi connectivity index (χ2n) is 6.86. The van der Waals surface area contributed by atoms with Crippen LogP contribution in [0.25, 0.3) is 0 Å². The average Bonchev–Trinajstić information content (AvgIpc) is 3.45. The lowest BCUT2D eigenvalue weighted by Gasteiger charge is -2.11. The van der Waals surface area contributed by atoms with Gasteiger partial charge in [0.1, 0.15) is 5.82 Å². The molecule has 2 unspecified atom stereocenters. The Balaban J connectivity index is 1.43. The van der Waals surface area contributed by atoms with Crippen LogP contribution >= 0.6 is 0 Å². The monoisotopic (exact) mass is 384 g/mol. The number of urea groups is 1. The summed E-state index contributed by atoms with van der Waals surface area (Å²) in [5, 5.41) is 4.73. The number of benzene rings is 2. The number of carbonyl (C=O) groups excluding carboxylic acids is 3. The number of carbonyl (C=O) groups is 3. The van der Waals surface area contributed by atoms with Gasteiger partial charge in [-0.05, 0) is 61.1 Å². The predicted molar refractivity (Wildman–Crippen MR) is 101 cm³/mol. The summed E-state index contributed by atoms with van der Waals surface area (Å²) in [5.41, 5.74) is 3.37. The highest BCUT2D eigenvalue weighted by Crippen LogP contribution is 2.48. The third kappa shape index (κ3) is 4.73.